The number of nitrogens with one attached hydrogen (secondary N) is 1. The summed E-state index contributed by atoms with van der Waals surface area (Å²) >= 11 is 0. The Labute approximate surface area is 163 Å². The molecule has 9 heteroatoms. The van der Waals surface area contributed by atoms with E-state index < -0.39 is 29.2 Å². The second kappa shape index (κ2) is 7.50. The number of benzene rings is 2. The molecule has 1 aromatic heterocycles. The van der Waals surface area contributed by atoms with E-state index in [0.29, 0.717) is 0 Å². The lowest BCUT2D eigenvalue weighted by atomic mass is 10.1. The van der Waals surface area contributed by atoms with Gasteiger partial charge in [-0.15, -0.1) is 0 Å². The van der Waals surface area contributed by atoms with E-state index in [4.69, 9.17) is 0 Å². The van der Waals surface area contributed by atoms with Gasteiger partial charge < -0.3 is 5.32 Å². The number of aryl methyl sites for hydroxylation is 1. The van der Waals surface area contributed by atoms with Crippen molar-refractivity contribution >= 4 is 17.4 Å². The standard InChI is InChI=1S/C20H15F4N3O2/c1-11-17(18(28)19(29)25-15-8-6-14(21)7-9-15)12(2)27(26-11)16-5-3-4-13(10-16)20(22,23)24/h3-10H,1-2H3,(H,25,29). The highest BCUT2D eigenvalue weighted by molar-refractivity contribution is 6.47. The molecular formula is C20H15F4N3O2. The minimum Gasteiger partial charge on any atom is -0.319 e. The number of anilines is 1. The van der Waals surface area contributed by atoms with Gasteiger partial charge in [0, 0.05) is 5.69 Å². The molecule has 0 aliphatic rings. The van der Waals surface area contributed by atoms with Gasteiger partial charge in [0.1, 0.15) is 5.82 Å². The van der Waals surface area contributed by atoms with Crippen LogP contribution in [-0.2, 0) is 11.0 Å². The van der Waals surface area contributed by atoms with Crippen molar-refractivity contribution < 1.29 is 27.2 Å². The molecule has 0 aliphatic heterocycles. The van der Waals surface area contributed by atoms with Crippen LogP contribution in [0.25, 0.3) is 5.69 Å². The lowest BCUT2D eigenvalue weighted by Crippen LogP contribution is -2.24. The summed E-state index contributed by atoms with van der Waals surface area (Å²) in [4.78, 5) is 24.9. The minimum absolute atomic E-state index is 0.0120. The number of ketones is 1. The summed E-state index contributed by atoms with van der Waals surface area (Å²) in [6, 6.07) is 9.34. The Morgan fingerprint density at radius 2 is 1.69 bits per heavy atom. The number of hydrogen-bond donors (Lipinski definition) is 1. The number of amides is 1. The Hall–Kier alpha value is -3.49. The van der Waals surface area contributed by atoms with Crippen LogP contribution >= 0.6 is 0 Å². The van der Waals surface area contributed by atoms with Crippen molar-refractivity contribution in [3.05, 3.63) is 76.9 Å². The molecule has 5 nitrogen and oxygen atoms in total. The number of carbonyl (C=O) groups excluding carboxylic acids is 2. The van der Waals surface area contributed by atoms with Gasteiger partial charge in [-0.1, -0.05) is 6.07 Å². The molecule has 150 valence electrons. The van der Waals surface area contributed by atoms with Gasteiger partial charge in [-0.2, -0.15) is 18.3 Å². The predicted molar refractivity (Wildman–Crippen MR) is 97.4 cm³/mol. The Bertz CT molecular complexity index is 1090. The molecule has 0 radical (unpaired) electrons. The third-order valence-corrected chi connectivity index (χ3v) is 4.24. The fraction of sp³-hybridized carbons (Fsp3) is 0.150. The first kappa shape index (κ1) is 20.2. The molecule has 2 aromatic carbocycles. The average Bonchev–Trinajstić information content (AvgIpc) is 2.96. The Kier molecular flexibility index (Phi) is 5.23. The second-order valence-corrected chi connectivity index (χ2v) is 6.30. The molecule has 1 heterocycles. The highest BCUT2D eigenvalue weighted by Crippen LogP contribution is 2.31. The van der Waals surface area contributed by atoms with E-state index in [0.717, 1.165) is 24.3 Å². The third kappa shape index (κ3) is 4.18. The molecule has 0 fully saturated rings. The molecule has 0 spiro atoms. The largest absolute Gasteiger partial charge is 0.416 e. The highest BCUT2D eigenvalue weighted by Gasteiger charge is 2.31. The molecule has 0 saturated carbocycles. The zero-order valence-electron chi connectivity index (χ0n) is 15.3. The molecule has 0 bridgehead atoms. The van der Waals surface area contributed by atoms with Crippen LogP contribution in [0.4, 0.5) is 23.2 Å². The van der Waals surface area contributed by atoms with E-state index in [1.165, 1.54) is 42.8 Å². The van der Waals surface area contributed by atoms with Gasteiger partial charge in [0.2, 0.25) is 0 Å². The van der Waals surface area contributed by atoms with Crippen LogP contribution in [0.5, 0.6) is 0 Å². The summed E-state index contributed by atoms with van der Waals surface area (Å²) in [6.07, 6.45) is -4.53. The summed E-state index contributed by atoms with van der Waals surface area (Å²) in [5, 5.41) is 6.48. The second-order valence-electron chi connectivity index (χ2n) is 6.30. The number of carbonyl (C=O) groups is 2. The maximum absolute atomic E-state index is 13.0. The summed E-state index contributed by atoms with van der Waals surface area (Å²) < 4.78 is 53.1. The van der Waals surface area contributed by atoms with Gasteiger partial charge in [-0.3, -0.25) is 9.59 Å². The lowest BCUT2D eigenvalue weighted by molar-refractivity contribution is -0.137. The van der Waals surface area contributed by atoms with Crippen LogP contribution in [0.3, 0.4) is 0 Å². The van der Waals surface area contributed by atoms with Gasteiger partial charge in [0.25, 0.3) is 11.7 Å². The van der Waals surface area contributed by atoms with E-state index >= 15 is 0 Å². The molecule has 0 atom stereocenters. The third-order valence-electron chi connectivity index (χ3n) is 4.24. The van der Waals surface area contributed by atoms with Crippen molar-refractivity contribution in [2.45, 2.75) is 20.0 Å². The SMILES string of the molecule is Cc1nn(-c2cccc(C(F)(F)F)c2)c(C)c1C(=O)C(=O)Nc1ccc(F)cc1. The van der Waals surface area contributed by atoms with Crippen LogP contribution in [0, 0.1) is 19.7 Å². The summed E-state index contributed by atoms with van der Waals surface area (Å²) in [5.41, 5.74) is -0.115. The molecule has 1 amide bonds. The van der Waals surface area contributed by atoms with Crippen LogP contribution < -0.4 is 5.32 Å². The Balaban J connectivity index is 1.92. The lowest BCUT2D eigenvalue weighted by Gasteiger charge is -2.10. The smallest absolute Gasteiger partial charge is 0.319 e. The normalized spacial score (nSPS) is 11.4. The van der Waals surface area contributed by atoms with Crippen LogP contribution in [0.2, 0.25) is 0 Å². The van der Waals surface area contributed by atoms with E-state index in [9.17, 15) is 27.2 Å². The van der Waals surface area contributed by atoms with E-state index in [2.05, 4.69) is 10.4 Å². The van der Waals surface area contributed by atoms with E-state index in [-0.39, 0.29) is 28.3 Å². The van der Waals surface area contributed by atoms with Gasteiger partial charge >= 0.3 is 6.18 Å². The molecule has 0 unspecified atom stereocenters. The number of Topliss-reactive ketones (excluding diaryl/α,β-unsaturated/α-hetero) is 1. The van der Waals surface area contributed by atoms with Crippen molar-refractivity contribution in [3.8, 4) is 5.69 Å². The average molecular weight is 405 g/mol. The number of rotatable bonds is 4. The van der Waals surface area contributed by atoms with Crippen molar-refractivity contribution in [2.75, 3.05) is 5.32 Å². The van der Waals surface area contributed by atoms with Crippen molar-refractivity contribution in [3.63, 3.8) is 0 Å². The number of halogens is 4. The summed E-state index contributed by atoms with van der Waals surface area (Å²) in [7, 11) is 0. The number of hydrogen-bond acceptors (Lipinski definition) is 3. The number of nitrogens with zero attached hydrogens (tertiary/aromatic N) is 2. The van der Waals surface area contributed by atoms with Crippen LogP contribution in [0.1, 0.15) is 27.3 Å². The fourth-order valence-electron chi connectivity index (χ4n) is 2.87. The maximum Gasteiger partial charge on any atom is 0.416 e. The first-order chi connectivity index (χ1) is 13.6. The Morgan fingerprint density at radius 3 is 2.31 bits per heavy atom. The topological polar surface area (TPSA) is 64.0 Å². The molecule has 1 N–H and O–H groups in total. The van der Waals surface area contributed by atoms with Crippen LogP contribution in [-0.4, -0.2) is 21.5 Å². The molecule has 0 aliphatic carbocycles. The van der Waals surface area contributed by atoms with Gasteiger partial charge in [-0.25, -0.2) is 9.07 Å². The fourth-order valence-corrected chi connectivity index (χ4v) is 2.87. The van der Waals surface area contributed by atoms with Gasteiger partial charge in [0.15, 0.2) is 0 Å². The highest BCUT2D eigenvalue weighted by atomic mass is 19.4. The molecule has 29 heavy (non-hydrogen) atoms. The predicted octanol–water partition coefficient (Wildman–Crippen LogP) is 4.47. The molecule has 0 saturated heterocycles. The van der Waals surface area contributed by atoms with Crippen LogP contribution in [0.15, 0.2) is 48.5 Å². The molecular weight excluding hydrogens is 390 g/mol. The quantitative estimate of drug-likeness (QED) is 0.396. The first-order valence-electron chi connectivity index (χ1n) is 8.43. The van der Waals surface area contributed by atoms with E-state index in [1.807, 2.05) is 0 Å². The maximum atomic E-state index is 13.0. The van der Waals surface area contributed by atoms with Crippen molar-refractivity contribution in [1.82, 2.24) is 9.78 Å². The minimum atomic E-state index is -4.53. The van der Waals surface area contributed by atoms with Gasteiger partial charge in [0.05, 0.1) is 28.2 Å². The Morgan fingerprint density at radius 1 is 1.03 bits per heavy atom. The first-order valence-corrected chi connectivity index (χ1v) is 8.43. The van der Waals surface area contributed by atoms with Crippen molar-refractivity contribution in [1.29, 1.82) is 0 Å². The summed E-state index contributed by atoms with van der Waals surface area (Å²) in [6.45, 7) is 2.97. The van der Waals surface area contributed by atoms with Crippen molar-refractivity contribution in [2.24, 2.45) is 0 Å². The molecule has 3 rings (SSSR count). The summed E-state index contributed by atoms with van der Waals surface area (Å²) in [5.74, 6) is -2.36. The van der Waals surface area contributed by atoms with Gasteiger partial charge in [-0.05, 0) is 56.3 Å². The monoisotopic (exact) mass is 405 g/mol. The number of alkyl halides is 3. The number of aromatic nitrogens is 2. The molecule has 3 aromatic rings. The zero-order chi connectivity index (χ0) is 21.3. The zero-order valence-corrected chi connectivity index (χ0v) is 15.3. The van der Waals surface area contributed by atoms with E-state index in [1.54, 1.807) is 0 Å².